The van der Waals surface area contributed by atoms with E-state index in [4.69, 9.17) is 11.5 Å². The van der Waals surface area contributed by atoms with Crippen molar-refractivity contribution in [1.29, 1.82) is 0 Å². The van der Waals surface area contributed by atoms with Gasteiger partial charge in [-0.1, -0.05) is 13.8 Å². The van der Waals surface area contributed by atoms with Crippen LogP contribution in [0.1, 0.15) is 33.9 Å². The summed E-state index contributed by atoms with van der Waals surface area (Å²) in [6, 6.07) is 0. The molecule has 7 heteroatoms. The molecule has 1 aromatic rings. The van der Waals surface area contributed by atoms with E-state index >= 15 is 0 Å². The summed E-state index contributed by atoms with van der Waals surface area (Å²) >= 11 is 1.11. The molecule has 0 radical (unpaired) electrons. The van der Waals surface area contributed by atoms with Gasteiger partial charge < -0.3 is 22.1 Å². The molecule has 6 nitrogen and oxygen atoms in total. The first-order chi connectivity index (χ1) is 8.38. The van der Waals surface area contributed by atoms with Crippen molar-refractivity contribution in [3.63, 3.8) is 0 Å². The molecule has 1 heterocycles. The number of anilines is 2. The van der Waals surface area contributed by atoms with Crippen molar-refractivity contribution < 1.29 is 9.59 Å². The van der Waals surface area contributed by atoms with Crippen LogP contribution in [0.4, 0.5) is 10.7 Å². The van der Waals surface area contributed by atoms with Gasteiger partial charge in [0.15, 0.2) is 0 Å². The van der Waals surface area contributed by atoms with E-state index in [0.717, 1.165) is 11.3 Å². The number of primary amides is 1. The summed E-state index contributed by atoms with van der Waals surface area (Å²) in [5, 5.41) is 6.19. The van der Waals surface area contributed by atoms with Crippen molar-refractivity contribution in [2.45, 2.75) is 13.8 Å². The molecule has 6 N–H and O–H groups in total. The molecule has 2 amide bonds. The summed E-state index contributed by atoms with van der Waals surface area (Å²) in [7, 11) is 1.51. The lowest BCUT2D eigenvalue weighted by Gasteiger charge is -2.09. The maximum absolute atomic E-state index is 11.8. The molecule has 0 saturated carbocycles. The van der Waals surface area contributed by atoms with Gasteiger partial charge in [-0.05, 0) is 5.92 Å². The second kappa shape index (κ2) is 5.72. The predicted molar refractivity (Wildman–Crippen MR) is 74.0 cm³/mol. The smallest absolute Gasteiger partial charge is 0.260 e. The largest absolute Gasteiger partial charge is 0.397 e. The minimum absolute atomic E-state index is 0.137. The summed E-state index contributed by atoms with van der Waals surface area (Å²) in [4.78, 5) is 23.2. The zero-order chi connectivity index (χ0) is 13.9. The number of nitrogen functional groups attached to an aromatic ring is 1. The molecular formula is C11H18N4O2S. The van der Waals surface area contributed by atoms with Crippen LogP contribution in [0.15, 0.2) is 0 Å². The van der Waals surface area contributed by atoms with Gasteiger partial charge in [0.25, 0.3) is 11.8 Å². The maximum Gasteiger partial charge on any atom is 0.260 e. The molecule has 0 bridgehead atoms. The molecule has 0 aromatic carbocycles. The highest BCUT2D eigenvalue weighted by Gasteiger charge is 2.23. The SMILES string of the molecule is CNC(=O)c1c(NCC(C)C)sc(C(N)=O)c1N. The van der Waals surface area contributed by atoms with Gasteiger partial charge in [0, 0.05) is 13.6 Å². The number of nitrogens with one attached hydrogen (secondary N) is 2. The van der Waals surface area contributed by atoms with Gasteiger partial charge >= 0.3 is 0 Å². The standard InChI is InChI=1S/C11H18N4O2S/c1-5(2)4-15-11-6(10(17)14-3)7(12)8(18-11)9(13)16/h5,15H,4,12H2,1-3H3,(H2,13,16)(H,14,17). The lowest BCUT2D eigenvalue weighted by atomic mass is 10.2. The van der Waals surface area contributed by atoms with E-state index in [-0.39, 0.29) is 22.0 Å². The van der Waals surface area contributed by atoms with Crippen LogP contribution in [-0.2, 0) is 0 Å². The number of carbonyl (C=O) groups is 2. The van der Waals surface area contributed by atoms with Crippen LogP contribution in [-0.4, -0.2) is 25.4 Å². The highest BCUT2D eigenvalue weighted by Crippen LogP contribution is 2.35. The molecule has 18 heavy (non-hydrogen) atoms. The first kappa shape index (κ1) is 14.3. The van der Waals surface area contributed by atoms with Gasteiger partial charge in [0.1, 0.15) is 9.88 Å². The Balaban J connectivity index is 3.17. The Morgan fingerprint density at radius 1 is 1.39 bits per heavy atom. The van der Waals surface area contributed by atoms with E-state index in [1.165, 1.54) is 7.05 Å². The van der Waals surface area contributed by atoms with E-state index in [9.17, 15) is 9.59 Å². The van der Waals surface area contributed by atoms with Crippen molar-refractivity contribution in [3.05, 3.63) is 10.4 Å². The fourth-order valence-corrected chi connectivity index (χ4v) is 2.38. The van der Waals surface area contributed by atoms with Crippen LogP contribution in [0.25, 0.3) is 0 Å². The second-order valence-electron chi connectivity index (χ2n) is 4.27. The van der Waals surface area contributed by atoms with E-state index in [2.05, 4.69) is 10.6 Å². The number of hydrogen-bond donors (Lipinski definition) is 4. The first-order valence-electron chi connectivity index (χ1n) is 5.56. The molecule has 0 aliphatic rings. The summed E-state index contributed by atoms with van der Waals surface area (Å²) in [6.07, 6.45) is 0. The summed E-state index contributed by atoms with van der Waals surface area (Å²) in [5.74, 6) is -0.550. The van der Waals surface area contributed by atoms with Gasteiger partial charge in [-0.2, -0.15) is 0 Å². The number of rotatable bonds is 5. The van der Waals surface area contributed by atoms with Crippen molar-refractivity contribution in [2.24, 2.45) is 11.7 Å². The fraction of sp³-hybridized carbons (Fsp3) is 0.455. The van der Waals surface area contributed by atoms with Gasteiger partial charge in [0.2, 0.25) is 0 Å². The average Bonchev–Trinajstić information content (AvgIpc) is 2.63. The van der Waals surface area contributed by atoms with Crippen LogP contribution in [0.3, 0.4) is 0 Å². The molecule has 0 fully saturated rings. The van der Waals surface area contributed by atoms with E-state index in [0.29, 0.717) is 17.5 Å². The number of thiophene rings is 1. The fourth-order valence-electron chi connectivity index (χ4n) is 1.40. The average molecular weight is 270 g/mol. The van der Waals surface area contributed by atoms with E-state index in [1.54, 1.807) is 0 Å². The highest BCUT2D eigenvalue weighted by molar-refractivity contribution is 7.19. The van der Waals surface area contributed by atoms with Crippen molar-refractivity contribution in [2.75, 3.05) is 24.6 Å². The zero-order valence-corrected chi connectivity index (χ0v) is 11.5. The molecule has 1 rings (SSSR count). The third-order valence-corrected chi connectivity index (χ3v) is 3.47. The molecular weight excluding hydrogens is 252 g/mol. The topological polar surface area (TPSA) is 110 Å². The molecule has 0 atom stereocenters. The van der Waals surface area contributed by atoms with Gasteiger partial charge in [0.05, 0.1) is 11.3 Å². The molecule has 0 spiro atoms. The summed E-state index contributed by atoms with van der Waals surface area (Å²) < 4.78 is 0. The monoisotopic (exact) mass is 270 g/mol. The Kier molecular flexibility index (Phi) is 4.55. The quantitative estimate of drug-likeness (QED) is 0.636. The van der Waals surface area contributed by atoms with Crippen molar-refractivity contribution >= 4 is 33.8 Å². The van der Waals surface area contributed by atoms with Crippen LogP contribution >= 0.6 is 11.3 Å². The van der Waals surface area contributed by atoms with E-state index < -0.39 is 5.91 Å². The van der Waals surface area contributed by atoms with Crippen molar-refractivity contribution in [3.8, 4) is 0 Å². The van der Waals surface area contributed by atoms with Gasteiger partial charge in [-0.15, -0.1) is 11.3 Å². The Hall–Kier alpha value is -1.76. The third-order valence-electron chi connectivity index (χ3n) is 2.29. The summed E-state index contributed by atoms with van der Waals surface area (Å²) in [6.45, 7) is 4.76. The van der Waals surface area contributed by atoms with Crippen LogP contribution in [0.2, 0.25) is 0 Å². The van der Waals surface area contributed by atoms with Crippen LogP contribution in [0.5, 0.6) is 0 Å². The minimum atomic E-state index is -0.625. The molecule has 1 aromatic heterocycles. The van der Waals surface area contributed by atoms with Crippen molar-refractivity contribution in [1.82, 2.24) is 5.32 Å². The van der Waals surface area contributed by atoms with Crippen LogP contribution < -0.4 is 22.1 Å². The summed E-state index contributed by atoms with van der Waals surface area (Å²) in [5.41, 5.74) is 11.4. The maximum atomic E-state index is 11.8. The third kappa shape index (κ3) is 2.92. The first-order valence-corrected chi connectivity index (χ1v) is 6.38. The Bertz CT molecular complexity index is 468. The normalized spacial score (nSPS) is 10.4. The Morgan fingerprint density at radius 3 is 2.44 bits per heavy atom. The minimum Gasteiger partial charge on any atom is -0.397 e. The highest BCUT2D eigenvalue weighted by atomic mass is 32.1. The molecule has 0 aliphatic heterocycles. The number of carbonyl (C=O) groups excluding carboxylic acids is 2. The molecule has 0 aliphatic carbocycles. The van der Waals surface area contributed by atoms with Crippen LogP contribution in [0, 0.1) is 5.92 Å². The van der Waals surface area contributed by atoms with Gasteiger partial charge in [-0.25, -0.2) is 0 Å². The van der Waals surface area contributed by atoms with Gasteiger partial charge in [-0.3, -0.25) is 9.59 Å². The van der Waals surface area contributed by atoms with E-state index in [1.807, 2.05) is 13.8 Å². The molecule has 0 saturated heterocycles. The molecule has 0 unspecified atom stereocenters. The molecule has 100 valence electrons. The number of amides is 2. The number of nitrogens with two attached hydrogens (primary N) is 2. The number of hydrogen-bond acceptors (Lipinski definition) is 5. The lowest BCUT2D eigenvalue weighted by Crippen LogP contribution is -2.21. The lowest BCUT2D eigenvalue weighted by molar-refractivity contribution is 0.0965. The zero-order valence-electron chi connectivity index (χ0n) is 10.7. The Labute approximate surface area is 110 Å². The predicted octanol–water partition coefficient (Wildman–Crippen LogP) is 0.857. The second-order valence-corrected chi connectivity index (χ2v) is 5.29. The Morgan fingerprint density at radius 2 is 2.00 bits per heavy atom.